The minimum absolute atomic E-state index is 0. The van der Waals surface area contributed by atoms with Crippen LogP contribution in [0.3, 0.4) is 0 Å². The summed E-state index contributed by atoms with van der Waals surface area (Å²) in [4.78, 5) is 33.8. The molecule has 2 aromatic heterocycles. The average molecular weight is 643 g/mol. The predicted octanol–water partition coefficient (Wildman–Crippen LogP) is 6.78. The number of aliphatic hydroxyl groups is 1. The van der Waals surface area contributed by atoms with Crippen LogP contribution in [-0.2, 0) is 9.47 Å². The molecule has 4 spiro atoms. The van der Waals surface area contributed by atoms with Gasteiger partial charge >= 0.3 is 12.2 Å². The van der Waals surface area contributed by atoms with Gasteiger partial charge in [0.2, 0.25) is 5.88 Å². The number of H-pyrrole nitrogens is 1. The molecule has 0 aliphatic heterocycles. The molecule has 0 atom stereocenters. The van der Waals surface area contributed by atoms with Gasteiger partial charge in [0.05, 0.1) is 6.61 Å². The fraction of sp³-hybridized carbons (Fsp3) is 0.771. The highest BCUT2D eigenvalue weighted by molar-refractivity contribution is 5.70. The molecule has 2 aromatic rings. The Morgan fingerprint density at radius 1 is 0.826 bits per heavy atom. The standard InChI is InChI=1S/C17H24N2O3.C9H14O.C8H12N2O3.CH4/c1-15(2,3)22-14(20)19-10-4-13(18-19)21-11-5-12-16(6-7-16)17(12)8-9-17;10-6-1-7-8(2-3-8)9(7)4-5-9;1-8(2,3)13-7(12)10-5-4-6(11)9-10;/h4,10,12H,5-9,11H2,1-3H3;7,10H,1-6H2;4-5H,1-3H3,(H,9,11);1H4. The molecule has 8 rings (SSSR count). The van der Waals surface area contributed by atoms with Crippen molar-refractivity contribution in [3.8, 4) is 5.88 Å². The Bertz CT molecular complexity index is 1440. The molecule has 6 saturated carbocycles. The molecule has 0 radical (unpaired) electrons. The number of aromatic amines is 1. The van der Waals surface area contributed by atoms with Crippen molar-refractivity contribution in [2.75, 3.05) is 13.2 Å². The van der Waals surface area contributed by atoms with Crippen molar-refractivity contribution < 1.29 is 28.9 Å². The number of carbonyl (C=O) groups is 2. The summed E-state index contributed by atoms with van der Waals surface area (Å²) in [5.41, 5.74) is 1.68. The summed E-state index contributed by atoms with van der Waals surface area (Å²) < 4.78 is 18.2. The number of hydrogen-bond acceptors (Lipinski definition) is 8. The first-order chi connectivity index (χ1) is 21.1. The second kappa shape index (κ2) is 11.6. The van der Waals surface area contributed by atoms with E-state index in [1.807, 2.05) is 20.8 Å². The van der Waals surface area contributed by atoms with Gasteiger partial charge in [0.25, 0.3) is 5.56 Å². The van der Waals surface area contributed by atoms with E-state index in [9.17, 15) is 14.4 Å². The van der Waals surface area contributed by atoms with Crippen molar-refractivity contribution in [3.63, 3.8) is 0 Å². The van der Waals surface area contributed by atoms with E-state index in [0.29, 0.717) is 19.1 Å². The molecule has 0 amide bonds. The lowest BCUT2D eigenvalue weighted by atomic mass is 10.2. The normalized spacial score (nSPS) is 23.7. The Labute approximate surface area is 272 Å². The third kappa shape index (κ3) is 6.53. The zero-order valence-corrected chi connectivity index (χ0v) is 27.7. The number of nitrogens with one attached hydrogen (secondary N) is 1. The molecule has 6 aliphatic carbocycles. The highest BCUT2D eigenvalue weighted by atomic mass is 16.6. The van der Waals surface area contributed by atoms with Gasteiger partial charge in [0, 0.05) is 31.1 Å². The van der Waals surface area contributed by atoms with Crippen LogP contribution in [0.1, 0.15) is 113 Å². The number of rotatable bonds is 6. The van der Waals surface area contributed by atoms with Gasteiger partial charge in [-0.25, -0.2) is 9.59 Å². The van der Waals surface area contributed by atoms with Gasteiger partial charge in [-0.1, -0.05) is 7.43 Å². The van der Waals surface area contributed by atoms with Crippen molar-refractivity contribution in [1.82, 2.24) is 19.6 Å². The molecule has 0 aromatic carbocycles. The van der Waals surface area contributed by atoms with Crippen LogP contribution in [-0.4, -0.2) is 61.3 Å². The lowest BCUT2D eigenvalue weighted by molar-refractivity contribution is 0.0502. The number of aliphatic hydroxyl groups excluding tert-OH is 1. The van der Waals surface area contributed by atoms with Gasteiger partial charge in [-0.2, -0.15) is 9.36 Å². The highest BCUT2D eigenvalue weighted by Crippen LogP contribution is 2.93. The average Bonchev–Trinajstić information content (AvgIpc) is 3.69. The number of fused-ring (bicyclic) bond motifs is 2. The molecule has 2 N–H and O–H groups in total. The van der Waals surface area contributed by atoms with E-state index in [4.69, 9.17) is 19.3 Å². The van der Waals surface area contributed by atoms with E-state index < -0.39 is 23.4 Å². The summed E-state index contributed by atoms with van der Waals surface area (Å²) in [6.07, 6.45) is 15.8. The van der Waals surface area contributed by atoms with Gasteiger partial charge < -0.3 is 19.3 Å². The highest BCUT2D eigenvalue weighted by Gasteiger charge is 2.86. The Balaban J connectivity index is 0.000000147. The summed E-state index contributed by atoms with van der Waals surface area (Å²) in [5, 5.41) is 15.2. The maximum atomic E-state index is 11.9. The molecule has 6 fully saturated rings. The van der Waals surface area contributed by atoms with Crippen molar-refractivity contribution in [3.05, 3.63) is 34.9 Å². The number of aromatic nitrogens is 4. The number of nitrogens with zero attached hydrogens (tertiary/aromatic N) is 3. The fourth-order valence-corrected chi connectivity index (χ4v) is 8.67. The molecule has 0 unspecified atom stereocenters. The number of ether oxygens (including phenoxy) is 3. The maximum absolute atomic E-state index is 11.9. The van der Waals surface area contributed by atoms with Crippen LogP contribution < -0.4 is 10.3 Å². The van der Waals surface area contributed by atoms with Crippen molar-refractivity contribution in [2.45, 2.75) is 124 Å². The minimum atomic E-state index is -0.588. The summed E-state index contributed by atoms with van der Waals surface area (Å²) in [6.45, 7) is 11.9. The zero-order valence-electron chi connectivity index (χ0n) is 27.7. The quantitative estimate of drug-likeness (QED) is 0.352. The summed E-state index contributed by atoms with van der Waals surface area (Å²) >= 11 is 0. The molecule has 11 heteroatoms. The van der Waals surface area contributed by atoms with E-state index in [1.165, 1.54) is 68.3 Å². The van der Waals surface area contributed by atoms with Gasteiger partial charge in [-0.05, 0) is 139 Å². The Morgan fingerprint density at radius 3 is 1.72 bits per heavy atom. The van der Waals surface area contributed by atoms with Crippen molar-refractivity contribution in [2.24, 2.45) is 33.5 Å². The first-order valence-corrected chi connectivity index (χ1v) is 16.6. The summed E-state index contributed by atoms with van der Waals surface area (Å²) in [5.74, 6) is 2.33. The van der Waals surface area contributed by atoms with Gasteiger partial charge in [0.15, 0.2) is 0 Å². The smallest absolute Gasteiger partial charge is 0.435 e. The SMILES string of the molecule is C.CC(C)(C)OC(=O)n1ccc(=O)[nH]1.CC(C)(C)OC(=O)n1ccc(OCCC2C3(CC3)C23CC3)n1.OCCC1C2(CC2)C12CC2. The molecular weight excluding hydrogens is 588 g/mol. The van der Waals surface area contributed by atoms with Gasteiger partial charge in [0.1, 0.15) is 11.2 Å². The van der Waals surface area contributed by atoms with Crippen LogP contribution in [0.15, 0.2) is 29.3 Å². The Kier molecular flexibility index (Phi) is 8.61. The third-order valence-corrected chi connectivity index (χ3v) is 11.1. The van der Waals surface area contributed by atoms with E-state index >= 15 is 0 Å². The maximum Gasteiger partial charge on any atom is 0.435 e. The van der Waals surface area contributed by atoms with E-state index in [-0.39, 0.29) is 13.0 Å². The number of carbonyl (C=O) groups excluding carboxylic acids is 2. The van der Waals surface area contributed by atoms with Crippen LogP contribution in [0.2, 0.25) is 0 Å². The van der Waals surface area contributed by atoms with Gasteiger partial charge in [-0.15, -0.1) is 5.10 Å². The first-order valence-electron chi connectivity index (χ1n) is 16.6. The zero-order chi connectivity index (χ0) is 32.5. The van der Waals surface area contributed by atoms with Crippen molar-refractivity contribution in [1.29, 1.82) is 0 Å². The molecule has 0 saturated heterocycles. The third-order valence-electron chi connectivity index (χ3n) is 11.1. The lowest BCUT2D eigenvalue weighted by Crippen LogP contribution is -2.28. The summed E-state index contributed by atoms with van der Waals surface area (Å²) in [6, 6.07) is 2.97. The topological polar surface area (TPSA) is 138 Å². The molecule has 2 heterocycles. The van der Waals surface area contributed by atoms with Crippen LogP contribution in [0, 0.1) is 33.5 Å². The molecule has 256 valence electrons. The van der Waals surface area contributed by atoms with Crippen molar-refractivity contribution >= 4 is 12.2 Å². The van der Waals surface area contributed by atoms with E-state index in [0.717, 1.165) is 51.0 Å². The summed E-state index contributed by atoms with van der Waals surface area (Å²) in [7, 11) is 0. The Morgan fingerprint density at radius 2 is 1.30 bits per heavy atom. The van der Waals surface area contributed by atoms with Gasteiger partial charge in [-0.3, -0.25) is 9.89 Å². The number of hydrogen-bond donors (Lipinski definition) is 2. The monoisotopic (exact) mass is 642 g/mol. The van der Waals surface area contributed by atoms with Crippen LogP contribution in [0.5, 0.6) is 5.88 Å². The largest absolute Gasteiger partial charge is 0.477 e. The minimum Gasteiger partial charge on any atom is -0.477 e. The van der Waals surface area contributed by atoms with Crippen LogP contribution >= 0.6 is 0 Å². The lowest BCUT2D eigenvalue weighted by Gasteiger charge is -2.18. The van der Waals surface area contributed by atoms with E-state index in [2.05, 4.69) is 10.2 Å². The predicted molar refractivity (Wildman–Crippen MR) is 173 cm³/mol. The van der Waals surface area contributed by atoms with Crippen LogP contribution in [0.25, 0.3) is 0 Å². The van der Waals surface area contributed by atoms with E-state index in [1.54, 1.807) is 33.0 Å². The first kappa shape index (κ1) is 34.3. The fourth-order valence-electron chi connectivity index (χ4n) is 8.67. The molecule has 0 bridgehead atoms. The second-order valence-electron chi connectivity index (χ2n) is 16.1. The molecular formula is C35H54N4O7. The second-order valence-corrected chi connectivity index (χ2v) is 16.1. The van der Waals surface area contributed by atoms with Crippen LogP contribution in [0.4, 0.5) is 9.59 Å². The molecule has 11 nitrogen and oxygen atoms in total. The molecule has 6 aliphatic rings. The molecule has 46 heavy (non-hydrogen) atoms. The Hall–Kier alpha value is -3.08.